The van der Waals surface area contributed by atoms with Gasteiger partial charge in [-0.05, 0) is 12.8 Å². The predicted molar refractivity (Wildman–Crippen MR) is 63.6 cm³/mol. The molecule has 0 aliphatic carbocycles. The fourth-order valence-electron chi connectivity index (χ4n) is 1.73. The van der Waals surface area contributed by atoms with Gasteiger partial charge in [-0.25, -0.2) is 9.13 Å². The lowest BCUT2D eigenvalue weighted by Gasteiger charge is -1.97. The molecule has 0 radical (unpaired) electrons. The zero-order valence-corrected chi connectivity index (χ0v) is 9.86. The van der Waals surface area contributed by atoms with Gasteiger partial charge >= 0.3 is 0 Å². The minimum absolute atomic E-state index is 0.906. The summed E-state index contributed by atoms with van der Waals surface area (Å²) in [7, 11) is 0. The van der Waals surface area contributed by atoms with Crippen molar-refractivity contribution in [2.24, 2.45) is 0 Å². The lowest BCUT2D eigenvalue weighted by atomic mass is 10.1. The average Bonchev–Trinajstić information content (AvgIpc) is 2.66. The smallest absolute Gasteiger partial charge is 0.237 e. The Morgan fingerprint density at radius 1 is 1.27 bits per heavy atom. The maximum atomic E-state index is 3.73. The number of nitrogens with zero attached hydrogens (tertiary/aromatic N) is 2. The highest BCUT2D eigenvalue weighted by atomic mass is 15.1. The summed E-state index contributed by atoms with van der Waals surface area (Å²) in [6, 6.07) is 0. The van der Waals surface area contributed by atoms with Crippen molar-refractivity contribution in [2.45, 2.75) is 52.1 Å². The van der Waals surface area contributed by atoms with E-state index in [2.05, 4.69) is 41.4 Å². The molecule has 0 bridgehead atoms. The highest BCUT2D eigenvalue weighted by molar-refractivity contribution is 4.68. The molecule has 0 atom stereocenters. The minimum atomic E-state index is 0.906. The van der Waals surface area contributed by atoms with E-state index in [4.69, 9.17) is 0 Å². The summed E-state index contributed by atoms with van der Waals surface area (Å²) in [6.45, 7) is 8.04. The highest BCUT2D eigenvalue weighted by Crippen LogP contribution is 2.03. The summed E-state index contributed by atoms with van der Waals surface area (Å²) in [5.41, 5.74) is 0. The van der Waals surface area contributed by atoms with Gasteiger partial charge in [-0.15, -0.1) is 0 Å². The van der Waals surface area contributed by atoms with Gasteiger partial charge in [-0.2, -0.15) is 0 Å². The Bertz CT molecular complexity index is 276. The van der Waals surface area contributed by atoms with Crippen LogP contribution in [-0.2, 0) is 13.1 Å². The number of rotatable bonds is 8. The first kappa shape index (κ1) is 12.0. The molecule has 2 heteroatoms. The number of allylic oxidation sites excluding steroid dienone is 1. The fraction of sp³-hybridized carbons (Fsp3) is 0.615. The molecular formula is C13H23N2+. The van der Waals surface area contributed by atoms with Crippen LogP contribution in [0.4, 0.5) is 0 Å². The second-order valence-corrected chi connectivity index (χ2v) is 4.05. The number of aryl methyl sites for hydroxylation is 1. The lowest BCUT2D eigenvalue weighted by molar-refractivity contribution is -0.686. The Hall–Kier alpha value is -1.05. The van der Waals surface area contributed by atoms with E-state index in [0.717, 1.165) is 13.1 Å². The molecule has 0 aliphatic heterocycles. The monoisotopic (exact) mass is 207 g/mol. The molecule has 0 saturated carbocycles. The third-order valence-electron chi connectivity index (χ3n) is 2.61. The zero-order valence-electron chi connectivity index (χ0n) is 9.86. The molecule has 0 unspecified atom stereocenters. The summed E-state index contributed by atoms with van der Waals surface area (Å²) in [5.74, 6) is 0. The van der Waals surface area contributed by atoms with Crippen molar-refractivity contribution in [1.82, 2.24) is 4.57 Å². The molecule has 0 amide bonds. The first-order chi connectivity index (χ1) is 7.36. The van der Waals surface area contributed by atoms with E-state index >= 15 is 0 Å². The molecule has 0 aliphatic rings. The van der Waals surface area contributed by atoms with Gasteiger partial charge in [0.25, 0.3) is 0 Å². The molecule has 0 spiro atoms. The van der Waals surface area contributed by atoms with E-state index in [1.54, 1.807) is 0 Å². The van der Waals surface area contributed by atoms with Crippen LogP contribution in [0, 0.1) is 0 Å². The van der Waals surface area contributed by atoms with Crippen LogP contribution in [0.3, 0.4) is 0 Å². The number of aromatic nitrogens is 2. The van der Waals surface area contributed by atoms with Crippen LogP contribution in [0.5, 0.6) is 0 Å². The van der Waals surface area contributed by atoms with Crippen molar-refractivity contribution in [3.63, 3.8) is 0 Å². The van der Waals surface area contributed by atoms with Crippen molar-refractivity contribution in [3.05, 3.63) is 31.4 Å². The molecule has 0 fully saturated rings. The van der Waals surface area contributed by atoms with Gasteiger partial charge in [0.05, 0.1) is 6.54 Å². The Labute approximate surface area is 93.2 Å². The summed E-state index contributed by atoms with van der Waals surface area (Å²) in [4.78, 5) is 0. The van der Waals surface area contributed by atoms with Gasteiger partial charge in [0.1, 0.15) is 18.9 Å². The number of unbranched alkanes of at least 4 members (excludes halogenated alkanes) is 4. The Morgan fingerprint density at radius 2 is 2.07 bits per heavy atom. The van der Waals surface area contributed by atoms with Gasteiger partial charge in [0.2, 0.25) is 6.33 Å². The van der Waals surface area contributed by atoms with Crippen molar-refractivity contribution in [2.75, 3.05) is 0 Å². The van der Waals surface area contributed by atoms with E-state index in [-0.39, 0.29) is 0 Å². The Kier molecular flexibility index (Phi) is 5.83. The van der Waals surface area contributed by atoms with Gasteiger partial charge in [0.15, 0.2) is 0 Å². The minimum Gasteiger partial charge on any atom is -0.237 e. The van der Waals surface area contributed by atoms with Crippen molar-refractivity contribution in [3.8, 4) is 0 Å². The van der Waals surface area contributed by atoms with E-state index in [0.29, 0.717) is 0 Å². The van der Waals surface area contributed by atoms with Crippen LogP contribution in [-0.4, -0.2) is 4.57 Å². The summed E-state index contributed by atoms with van der Waals surface area (Å²) in [6.07, 6.45) is 15.1. The summed E-state index contributed by atoms with van der Waals surface area (Å²) >= 11 is 0. The van der Waals surface area contributed by atoms with Crippen molar-refractivity contribution in [1.29, 1.82) is 0 Å². The van der Waals surface area contributed by atoms with Gasteiger partial charge in [-0.3, -0.25) is 0 Å². The molecular weight excluding hydrogens is 184 g/mol. The second kappa shape index (κ2) is 7.27. The van der Waals surface area contributed by atoms with Gasteiger partial charge < -0.3 is 0 Å². The lowest BCUT2D eigenvalue weighted by Crippen LogP contribution is -2.29. The van der Waals surface area contributed by atoms with E-state index < -0.39 is 0 Å². The van der Waals surface area contributed by atoms with Gasteiger partial charge in [-0.1, -0.05) is 38.8 Å². The number of hydrogen-bond donors (Lipinski definition) is 0. The molecule has 1 heterocycles. The average molecular weight is 207 g/mol. The normalized spacial score (nSPS) is 10.5. The van der Waals surface area contributed by atoms with E-state index in [1.807, 2.05) is 6.08 Å². The van der Waals surface area contributed by atoms with Crippen LogP contribution in [0.25, 0.3) is 0 Å². The molecule has 0 N–H and O–H groups in total. The highest BCUT2D eigenvalue weighted by Gasteiger charge is 2.00. The van der Waals surface area contributed by atoms with E-state index in [9.17, 15) is 0 Å². The predicted octanol–water partition coefficient (Wildman–Crippen LogP) is 2.93. The molecule has 2 nitrogen and oxygen atoms in total. The molecule has 1 aromatic heterocycles. The van der Waals surface area contributed by atoms with E-state index in [1.165, 1.54) is 32.1 Å². The van der Waals surface area contributed by atoms with Crippen LogP contribution in [0.1, 0.15) is 39.0 Å². The molecule has 84 valence electrons. The Morgan fingerprint density at radius 3 is 2.80 bits per heavy atom. The third-order valence-corrected chi connectivity index (χ3v) is 2.61. The molecule has 0 aromatic carbocycles. The van der Waals surface area contributed by atoms with Crippen LogP contribution >= 0.6 is 0 Å². The molecule has 1 rings (SSSR count). The largest absolute Gasteiger partial charge is 0.244 e. The van der Waals surface area contributed by atoms with Crippen molar-refractivity contribution >= 4 is 0 Å². The fourth-order valence-corrected chi connectivity index (χ4v) is 1.73. The first-order valence-electron chi connectivity index (χ1n) is 6.02. The van der Waals surface area contributed by atoms with Crippen LogP contribution < -0.4 is 4.57 Å². The topological polar surface area (TPSA) is 8.81 Å². The molecule has 1 aromatic rings. The Balaban J connectivity index is 2.16. The quantitative estimate of drug-likeness (QED) is 0.352. The van der Waals surface area contributed by atoms with Gasteiger partial charge in [0, 0.05) is 0 Å². The van der Waals surface area contributed by atoms with Crippen molar-refractivity contribution < 1.29 is 4.57 Å². The second-order valence-electron chi connectivity index (χ2n) is 4.05. The molecule has 15 heavy (non-hydrogen) atoms. The summed E-state index contributed by atoms with van der Waals surface area (Å²) in [5, 5.41) is 0. The first-order valence-corrected chi connectivity index (χ1v) is 6.02. The SMILES string of the molecule is C=CC[n+]1ccn(CCCCCCC)c1. The van der Waals surface area contributed by atoms with Crippen LogP contribution in [0.2, 0.25) is 0 Å². The molecule has 0 saturated heterocycles. The number of hydrogen-bond acceptors (Lipinski definition) is 0. The third kappa shape index (κ3) is 4.82. The standard InChI is InChI=1S/C13H23N2/c1-3-5-6-7-8-10-15-12-11-14(13-15)9-4-2/h4,11-13H,2-3,5-10H2,1H3/q+1. The maximum absolute atomic E-state index is 3.73. The zero-order chi connectivity index (χ0) is 10.9. The summed E-state index contributed by atoms with van der Waals surface area (Å²) < 4.78 is 4.41. The maximum Gasteiger partial charge on any atom is 0.244 e. The van der Waals surface area contributed by atoms with Crippen LogP contribution in [0.15, 0.2) is 31.4 Å². The number of imidazole rings is 1.